The van der Waals surface area contributed by atoms with E-state index in [-0.39, 0.29) is 12.7 Å². The number of furan rings is 1. The highest BCUT2D eigenvalue weighted by Gasteiger charge is 2.23. The number of rotatable bonds is 5. The van der Waals surface area contributed by atoms with Crippen molar-refractivity contribution in [3.05, 3.63) is 59.4 Å². The summed E-state index contributed by atoms with van der Waals surface area (Å²) in [7, 11) is 1.78. The van der Waals surface area contributed by atoms with Crippen molar-refractivity contribution < 1.29 is 18.7 Å². The van der Waals surface area contributed by atoms with Gasteiger partial charge in [-0.05, 0) is 30.0 Å². The molecule has 0 spiro atoms. The van der Waals surface area contributed by atoms with E-state index in [1.54, 1.807) is 23.7 Å². The standard InChI is InChI=1S/C20H19NO4S/c1-21(10-13-7-8-17-18(9-13)24-12-23-17)20(22)19-15(11-26-2)14-5-3-4-6-16(14)25-19/h3-9H,10-12H2,1-2H3. The van der Waals surface area contributed by atoms with Crippen molar-refractivity contribution in [1.29, 1.82) is 0 Å². The second-order valence-corrected chi connectivity index (χ2v) is 7.05. The van der Waals surface area contributed by atoms with Crippen molar-refractivity contribution in [1.82, 2.24) is 4.90 Å². The average Bonchev–Trinajstić information content (AvgIpc) is 3.26. The number of para-hydroxylation sites is 1. The Labute approximate surface area is 155 Å². The van der Waals surface area contributed by atoms with Gasteiger partial charge in [-0.3, -0.25) is 4.79 Å². The summed E-state index contributed by atoms with van der Waals surface area (Å²) < 4.78 is 16.6. The third-order valence-electron chi connectivity index (χ3n) is 4.38. The first-order chi connectivity index (χ1) is 12.7. The summed E-state index contributed by atoms with van der Waals surface area (Å²) in [6, 6.07) is 13.5. The molecule has 0 aliphatic carbocycles. The normalized spacial score (nSPS) is 12.5. The Hall–Kier alpha value is -2.60. The van der Waals surface area contributed by atoms with Gasteiger partial charge in [0.1, 0.15) is 5.58 Å². The van der Waals surface area contributed by atoms with Gasteiger partial charge < -0.3 is 18.8 Å². The largest absolute Gasteiger partial charge is 0.454 e. The van der Waals surface area contributed by atoms with Gasteiger partial charge in [0, 0.05) is 30.3 Å². The zero-order chi connectivity index (χ0) is 18.1. The Bertz CT molecular complexity index is 966. The van der Waals surface area contributed by atoms with Gasteiger partial charge in [0.15, 0.2) is 17.3 Å². The summed E-state index contributed by atoms with van der Waals surface area (Å²) in [5.74, 6) is 2.49. The molecule has 5 nitrogen and oxygen atoms in total. The van der Waals surface area contributed by atoms with E-state index in [0.29, 0.717) is 12.3 Å². The molecule has 1 amide bonds. The van der Waals surface area contributed by atoms with Crippen molar-refractivity contribution in [3.8, 4) is 11.5 Å². The van der Waals surface area contributed by atoms with Crippen LogP contribution in [-0.4, -0.2) is 30.9 Å². The zero-order valence-electron chi connectivity index (χ0n) is 14.7. The molecular formula is C20H19NO4S. The Morgan fingerprint density at radius 1 is 1.15 bits per heavy atom. The van der Waals surface area contributed by atoms with Crippen LogP contribution in [0.1, 0.15) is 21.7 Å². The van der Waals surface area contributed by atoms with Crippen molar-refractivity contribution in [2.75, 3.05) is 20.1 Å². The second-order valence-electron chi connectivity index (χ2n) is 6.19. The van der Waals surface area contributed by atoms with Crippen LogP contribution in [0.15, 0.2) is 46.9 Å². The summed E-state index contributed by atoms with van der Waals surface area (Å²) in [5, 5.41) is 1.00. The Morgan fingerprint density at radius 2 is 1.96 bits per heavy atom. The molecule has 0 fully saturated rings. The fourth-order valence-corrected chi connectivity index (χ4v) is 3.69. The second kappa shape index (κ2) is 6.96. The first-order valence-electron chi connectivity index (χ1n) is 8.30. The fourth-order valence-electron chi connectivity index (χ4n) is 3.12. The highest BCUT2D eigenvalue weighted by Crippen LogP contribution is 2.33. The van der Waals surface area contributed by atoms with Gasteiger partial charge in [-0.2, -0.15) is 11.8 Å². The van der Waals surface area contributed by atoms with E-state index in [4.69, 9.17) is 13.9 Å². The Kier molecular flexibility index (Phi) is 4.51. The van der Waals surface area contributed by atoms with Crippen LogP contribution in [0.4, 0.5) is 0 Å². The summed E-state index contributed by atoms with van der Waals surface area (Å²) in [6.07, 6.45) is 2.02. The molecule has 0 saturated heterocycles. The quantitative estimate of drug-likeness (QED) is 0.671. The van der Waals surface area contributed by atoms with Gasteiger partial charge in [0.05, 0.1) is 0 Å². The molecule has 0 radical (unpaired) electrons. The van der Waals surface area contributed by atoms with E-state index in [0.717, 1.165) is 39.3 Å². The van der Waals surface area contributed by atoms with E-state index in [1.807, 2.05) is 48.7 Å². The smallest absolute Gasteiger partial charge is 0.289 e. The number of ether oxygens (including phenoxy) is 2. The van der Waals surface area contributed by atoms with Crippen LogP contribution < -0.4 is 9.47 Å². The summed E-state index contributed by atoms with van der Waals surface area (Å²) in [5.41, 5.74) is 2.68. The fraction of sp³-hybridized carbons (Fsp3) is 0.250. The van der Waals surface area contributed by atoms with Crippen molar-refractivity contribution >= 4 is 28.6 Å². The average molecular weight is 369 g/mol. The predicted molar refractivity (Wildman–Crippen MR) is 102 cm³/mol. The minimum absolute atomic E-state index is 0.122. The molecule has 0 unspecified atom stereocenters. The van der Waals surface area contributed by atoms with Crippen LogP contribution in [0.3, 0.4) is 0 Å². The van der Waals surface area contributed by atoms with Gasteiger partial charge in [0.2, 0.25) is 6.79 Å². The maximum absolute atomic E-state index is 13.0. The molecule has 4 rings (SSSR count). The van der Waals surface area contributed by atoms with Crippen LogP contribution in [0, 0.1) is 0 Å². The van der Waals surface area contributed by atoms with E-state index in [9.17, 15) is 4.79 Å². The molecule has 0 saturated carbocycles. The van der Waals surface area contributed by atoms with Gasteiger partial charge >= 0.3 is 0 Å². The van der Waals surface area contributed by atoms with Crippen LogP contribution in [0.25, 0.3) is 11.0 Å². The lowest BCUT2D eigenvalue weighted by atomic mass is 10.1. The molecule has 0 atom stereocenters. The van der Waals surface area contributed by atoms with Crippen molar-refractivity contribution in [3.63, 3.8) is 0 Å². The van der Waals surface area contributed by atoms with E-state index >= 15 is 0 Å². The number of hydrogen-bond donors (Lipinski definition) is 0. The molecule has 3 aromatic rings. The molecule has 2 heterocycles. The highest BCUT2D eigenvalue weighted by molar-refractivity contribution is 7.97. The number of benzene rings is 2. The molecule has 1 aliphatic rings. The first kappa shape index (κ1) is 16.8. The lowest BCUT2D eigenvalue weighted by Gasteiger charge is -2.17. The van der Waals surface area contributed by atoms with Crippen LogP contribution >= 0.6 is 11.8 Å². The maximum atomic E-state index is 13.0. The molecular weight excluding hydrogens is 350 g/mol. The number of fused-ring (bicyclic) bond motifs is 2. The number of thioether (sulfide) groups is 1. The minimum Gasteiger partial charge on any atom is -0.454 e. The lowest BCUT2D eigenvalue weighted by Crippen LogP contribution is -2.26. The Balaban J connectivity index is 1.60. The maximum Gasteiger partial charge on any atom is 0.289 e. The molecule has 26 heavy (non-hydrogen) atoms. The van der Waals surface area contributed by atoms with Gasteiger partial charge in [0.25, 0.3) is 5.91 Å². The van der Waals surface area contributed by atoms with E-state index in [2.05, 4.69) is 0 Å². The number of hydrogen-bond acceptors (Lipinski definition) is 5. The third-order valence-corrected chi connectivity index (χ3v) is 4.96. The summed E-state index contributed by atoms with van der Waals surface area (Å²) in [6.45, 7) is 0.704. The lowest BCUT2D eigenvalue weighted by molar-refractivity contribution is 0.0754. The SMILES string of the molecule is CSCc1c(C(=O)N(C)Cc2ccc3c(c2)OCO3)oc2ccccc12. The molecule has 0 N–H and O–H groups in total. The van der Waals surface area contributed by atoms with E-state index < -0.39 is 0 Å². The molecule has 2 aromatic carbocycles. The molecule has 0 bridgehead atoms. The van der Waals surface area contributed by atoms with Gasteiger partial charge in [-0.15, -0.1) is 0 Å². The van der Waals surface area contributed by atoms with E-state index in [1.165, 1.54) is 0 Å². The number of carbonyl (C=O) groups excluding carboxylic acids is 1. The summed E-state index contributed by atoms with van der Waals surface area (Å²) in [4.78, 5) is 14.7. The molecule has 1 aromatic heterocycles. The highest BCUT2D eigenvalue weighted by atomic mass is 32.2. The van der Waals surface area contributed by atoms with Crippen molar-refractivity contribution in [2.45, 2.75) is 12.3 Å². The molecule has 1 aliphatic heterocycles. The topological polar surface area (TPSA) is 51.9 Å². The Morgan fingerprint density at radius 3 is 2.81 bits per heavy atom. The van der Waals surface area contributed by atoms with Crippen LogP contribution in [0.2, 0.25) is 0 Å². The van der Waals surface area contributed by atoms with Gasteiger partial charge in [-0.25, -0.2) is 0 Å². The molecule has 6 heteroatoms. The molecule has 134 valence electrons. The number of nitrogens with zero attached hydrogens (tertiary/aromatic N) is 1. The predicted octanol–water partition coefficient (Wildman–Crippen LogP) is 4.30. The monoisotopic (exact) mass is 369 g/mol. The summed E-state index contributed by atoms with van der Waals surface area (Å²) >= 11 is 1.67. The zero-order valence-corrected chi connectivity index (χ0v) is 15.5. The number of amides is 1. The third kappa shape index (κ3) is 3.01. The van der Waals surface area contributed by atoms with Crippen molar-refractivity contribution in [2.24, 2.45) is 0 Å². The number of carbonyl (C=O) groups is 1. The van der Waals surface area contributed by atoms with Crippen LogP contribution in [-0.2, 0) is 12.3 Å². The van der Waals surface area contributed by atoms with Gasteiger partial charge in [-0.1, -0.05) is 24.3 Å². The minimum atomic E-state index is -0.122. The van der Waals surface area contributed by atoms with Crippen LogP contribution in [0.5, 0.6) is 11.5 Å². The first-order valence-corrected chi connectivity index (χ1v) is 9.70.